The molecule has 0 unspecified atom stereocenters. The summed E-state index contributed by atoms with van der Waals surface area (Å²) in [5, 5.41) is 11.0. The number of nitrogens with one attached hydrogen (secondary N) is 1. The highest BCUT2D eigenvalue weighted by atomic mass is 16.5. The van der Waals surface area contributed by atoms with Crippen LogP contribution in [0.25, 0.3) is 10.9 Å². The van der Waals surface area contributed by atoms with Crippen molar-refractivity contribution < 1.29 is 9.84 Å². The summed E-state index contributed by atoms with van der Waals surface area (Å²) >= 11 is 0. The van der Waals surface area contributed by atoms with Gasteiger partial charge in [0.05, 0.1) is 25.2 Å². The fourth-order valence-corrected chi connectivity index (χ4v) is 4.37. The van der Waals surface area contributed by atoms with Gasteiger partial charge >= 0.3 is 0 Å². The number of fused-ring (bicyclic) bond motifs is 1. The predicted octanol–water partition coefficient (Wildman–Crippen LogP) is 2.92. The number of ether oxygens (including phenoxy) is 1. The number of H-pyrrole nitrogens is 1. The number of aliphatic hydroxyl groups is 1. The van der Waals surface area contributed by atoms with Gasteiger partial charge < -0.3 is 19.7 Å². The molecule has 2 fully saturated rings. The summed E-state index contributed by atoms with van der Waals surface area (Å²) in [7, 11) is 0. The average molecular weight is 328 g/mol. The van der Waals surface area contributed by atoms with E-state index in [4.69, 9.17) is 4.74 Å². The number of aromatic nitrogens is 1. The Bertz CT molecular complexity index is 691. The van der Waals surface area contributed by atoms with Crippen molar-refractivity contribution in [3.05, 3.63) is 35.5 Å². The third-order valence-electron chi connectivity index (χ3n) is 5.95. The maximum Gasteiger partial charge on any atom is 0.0579 e. The number of nitrogens with zero attached hydrogens (tertiary/aromatic N) is 1. The van der Waals surface area contributed by atoms with Gasteiger partial charge in [0, 0.05) is 23.6 Å². The first-order chi connectivity index (χ1) is 11.7. The molecule has 4 rings (SSSR count). The molecule has 4 nitrogen and oxygen atoms in total. The van der Waals surface area contributed by atoms with E-state index in [1.54, 1.807) is 0 Å². The minimum Gasteiger partial charge on any atom is -0.396 e. The van der Waals surface area contributed by atoms with Crippen LogP contribution in [-0.2, 0) is 11.2 Å². The van der Waals surface area contributed by atoms with Crippen molar-refractivity contribution in [2.45, 2.75) is 32.1 Å². The van der Waals surface area contributed by atoms with Crippen LogP contribution in [0.15, 0.2) is 24.4 Å². The highest BCUT2D eigenvalue weighted by Gasteiger charge is 2.40. The van der Waals surface area contributed by atoms with Crippen LogP contribution in [0, 0.1) is 5.41 Å². The Kier molecular flexibility index (Phi) is 4.37. The largest absolute Gasteiger partial charge is 0.396 e. The molecule has 0 spiro atoms. The number of hydrogen-bond donors (Lipinski definition) is 2. The molecule has 0 amide bonds. The van der Waals surface area contributed by atoms with Gasteiger partial charge in [0.15, 0.2) is 0 Å². The normalized spacial score (nSPS) is 21.9. The summed E-state index contributed by atoms with van der Waals surface area (Å²) in [6.07, 6.45) is 5.71. The molecule has 2 N–H and O–H groups in total. The van der Waals surface area contributed by atoms with Gasteiger partial charge in [-0.05, 0) is 49.4 Å². The second-order valence-corrected chi connectivity index (χ2v) is 7.64. The smallest absolute Gasteiger partial charge is 0.0579 e. The zero-order chi connectivity index (χ0) is 16.6. The Morgan fingerprint density at radius 2 is 2.08 bits per heavy atom. The minimum absolute atomic E-state index is 0.00362. The van der Waals surface area contributed by atoms with Crippen LogP contribution in [0.5, 0.6) is 0 Å². The zero-order valence-corrected chi connectivity index (χ0v) is 14.6. The number of aryl methyl sites for hydroxylation is 1. The molecular formula is C20H28N2O2. The molecule has 0 saturated carbocycles. The van der Waals surface area contributed by atoms with Crippen molar-refractivity contribution in [2.75, 3.05) is 39.5 Å². The van der Waals surface area contributed by atoms with E-state index in [-0.39, 0.29) is 12.0 Å². The van der Waals surface area contributed by atoms with Crippen LogP contribution in [0.4, 0.5) is 0 Å². The van der Waals surface area contributed by atoms with Crippen LogP contribution in [0.1, 0.15) is 36.8 Å². The highest BCUT2D eigenvalue weighted by Crippen LogP contribution is 2.36. The van der Waals surface area contributed by atoms with Gasteiger partial charge in [-0.25, -0.2) is 0 Å². The van der Waals surface area contributed by atoms with Gasteiger partial charge in [-0.15, -0.1) is 0 Å². The molecular weight excluding hydrogens is 300 g/mol. The monoisotopic (exact) mass is 328 g/mol. The molecule has 3 heterocycles. The predicted molar refractivity (Wildman–Crippen MR) is 96.4 cm³/mol. The molecule has 0 radical (unpaired) electrons. The van der Waals surface area contributed by atoms with Gasteiger partial charge in [0.1, 0.15) is 0 Å². The lowest BCUT2D eigenvalue weighted by molar-refractivity contribution is -0.149. The number of aliphatic hydroxyl groups excluding tert-OH is 1. The van der Waals surface area contributed by atoms with Crippen LogP contribution >= 0.6 is 0 Å². The Labute approximate surface area is 143 Å². The molecule has 0 bridgehead atoms. The zero-order valence-electron chi connectivity index (χ0n) is 14.6. The van der Waals surface area contributed by atoms with Crippen molar-refractivity contribution in [1.82, 2.24) is 9.88 Å². The van der Waals surface area contributed by atoms with E-state index in [0.29, 0.717) is 19.1 Å². The molecule has 24 heavy (non-hydrogen) atoms. The van der Waals surface area contributed by atoms with Crippen molar-refractivity contribution >= 4 is 10.9 Å². The number of piperidine rings is 1. The summed E-state index contributed by atoms with van der Waals surface area (Å²) in [6, 6.07) is 6.68. The molecule has 130 valence electrons. The van der Waals surface area contributed by atoms with Crippen molar-refractivity contribution in [3.8, 4) is 0 Å². The Morgan fingerprint density at radius 1 is 1.29 bits per heavy atom. The molecule has 2 aliphatic rings. The number of aromatic amines is 1. The van der Waals surface area contributed by atoms with E-state index >= 15 is 0 Å². The lowest BCUT2D eigenvalue weighted by Gasteiger charge is -2.45. The van der Waals surface area contributed by atoms with Crippen molar-refractivity contribution in [2.24, 2.45) is 5.41 Å². The molecule has 2 saturated heterocycles. The fraction of sp³-hybridized carbons (Fsp3) is 0.600. The SMILES string of the molecule is CCc1cccc2c(C3CCN(CC4(CO)COC4)CC3)c[nH]c12. The average Bonchev–Trinajstić information content (AvgIpc) is 3.03. The summed E-state index contributed by atoms with van der Waals surface area (Å²) in [4.78, 5) is 6.03. The van der Waals surface area contributed by atoms with Gasteiger partial charge in [-0.3, -0.25) is 0 Å². The first-order valence-corrected chi connectivity index (χ1v) is 9.24. The lowest BCUT2D eigenvalue weighted by atomic mass is 9.84. The number of likely N-dealkylation sites (tertiary alicyclic amines) is 1. The van der Waals surface area contributed by atoms with E-state index in [2.05, 4.69) is 41.2 Å². The fourth-order valence-electron chi connectivity index (χ4n) is 4.37. The topological polar surface area (TPSA) is 48.5 Å². The van der Waals surface area contributed by atoms with E-state index in [1.807, 2.05) is 0 Å². The van der Waals surface area contributed by atoms with E-state index < -0.39 is 0 Å². The lowest BCUT2D eigenvalue weighted by Crippen LogP contribution is -2.54. The van der Waals surface area contributed by atoms with Crippen LogP contribution in [-0.4, -0.2) is 54.4 Å². The summed E-state index contributed by atoms with van der Waals surface area (Å²) < 4.78 is 5.33. The summed E-state index contributed by atoms with van der Waals surface area (Å²) in [5.74, 6) is 0.643. The highest BCUT2D eigenvalue weighted by molar-refractivity contribution is 5.86. The standard InChI is InChI=1S/C20H28N2O2/c1-2-15-4-3-5-17-18(10-21-19(15)17)16-6-8-22(9-7-16)11-20(12-23)13-24-14-20/h3-5,10,16,21,23H,2,6-9,11-14H2,1H3. The van der Waals surface area contributed by atoms with E-state index in [9.17, 15) is 5.11 Å². The Balaban J connectivity index is 1.44. The van der Waals surface area contributed by atoms with Gasteiger partial charge in [0.2, 0.25) is 0 Å². The summed E-state index contributed by atoms with van der Waals surface area (Å²) in [5.41, 5.74) is 4.22. The molecule has 1 aromatic heterocycles. The minimum atomic E-state index is 0.00362. The van der Waals surface area contributed by atoms with Crippen molar-refractivity contribution in [1.29, 1.82) is 0 Å². The third-order valence-corrected chi connectivity index (χ3v) is 5.95. The number of para-hydroxylation sites is 1. The number of benzene rings is 1. The molecule has 2 aliphatic heterocycles. The van der Waals surface area contributed by atoms with Gasteiger partial charge in [-0.1, -0.05) is 25.1 Å². The van der Waals surface area contributed by atoms with Crippen LogP contribution < -0.4 is 0 Å². The van der Waals surface area contributed by atoms with E-state index in [1.165, 1.54) is 34.9 Å². The molecule has 4 heteroatoms. The van der Waals surface area contributed by atoms with Crippen molar-refractivity contribution in [3.63, 3.8) is 0 Å². The Morgan fingerprint density at radius 3 is 2.71 bits per heavy atom. The van der Waals surface area contributed by atoms with E-state index in [0.717, 1.165) is 26.1 Å². The van der Waals surface area contributed by atoms with Gasteiger partial charge in [-0.2, -0.15) is 0 Å². The van der Waals surface area contributed by atoms with Crippen LogP contribution in [0.3, 0.4) is 0 Å². The third kappa shape index (κ3) is 2.77. The maximum absolute atomic E-state index is 9.63. The number of rotatable bonds is 5. The molecule has 0 aliphatic carbocycles. The number of hydrogen-bond acceptors (Lipinski definition) is 3. The Hall–Kier alpha value is -1.36. The van der Waals surface area contributed by atoms with Crippen LogP contribution in [0.2, 0.25) is 0 Å². The molecule has 0 atom stereocenters. The van der Waals surface area contributed by atoms with Gasteiger partial charge in [0.25, 0.3) is 0 Å². The maximum atomic E-state index is 9.63. The first kappa shape index (κ1) is 16.1. The summed E-state index contributed by atoms with van der Waals surface area (Å²) in [6.45, 7) is 7.10. The second-order valence-electron chi connectivity index (χ2n) is 7.64. The molecule has 1 aromatic carbocycles. The molecule has 2 aromatic rings. The second kappa shape index (κ2) is 6.51. The quantitative estimate of drug-likeness (QED) is 0.887. The first-order valence-electron chi connectivity index (χ1n) is 9.24.